The maximum Gasteiger partial charge on any atom is 0.224 e. The predicted octanol–water partition coefficient (Wildman–Crippen LogP) is 2.59. The van der Waals surface area contributed by atoms with Gasteiger partial charge in [0.15, 0.2) is 0 Å². The molecule has 2 N–H and O–H groups in total. The molecule has 1 heterocycles. The fraction of sp³-hybridized carbons (Fsp3) is 0.500. The van der Waals surface area contributed by atoms with Crippen molar-refractivity contribution < 1.29 is 9.53 Å². The van der Waals surface area contributed by atoms with Crippen LogP contribution >= 0.6 is 12.4 Å². The van der Waals surface area contributed by atoms with Gasteiger partial charge in [0, 0.05) is 12.5 Å². The molecule has 1 atom stereocenters. The van der Waals surface area contributed by atoms with Gasteiger partial charge in [0.1, 0.15) is 5.75 Å². The summed E-state index contributed by atoms with van der Waals surface area (Å²) in [5, 5.41) is 6.29. The van der Waals surface area contributed by atoms with Crippen LogP contribution in [0.25, 0.3) is 0 Å². The second kappa shape index (κ2) is 8.02. The fourth-order valence-corrected chi connectivity index (χ4v) is 2.27. The number of hydrogen-bond donors (Lipinski definition) is 2. The Morgan fingerprint density at radius 3 is 2.95 bits per heavy atom. The molecule has 1 unspecified atom stereocenters. The van der Waals surface area contributed by atoms with E-state index in [1.165, 1.54) is 12.8 Å². The van der Waals surface area contributed by atoms with Gasteiger partial charge in [-0.25, -0.2) is 0 Å². The first-order valence-corrected chi connectivity index (χ1v) is 6.46. The van der Waals surface area contributed by atoms with Gasteiger partial charge in [0.2, 0.25) is 5.91 Å². The highest BCUT2D eigenvalue weighted by atomic mass is 35.5. The van der Waals surface area contributed by atoms with Crippen molar-refractivity contribution in [1.29, 1.82) is 0 Å². The van der Waals surface area contributed by atoms with Gasteiger partial charge in [0.05, 0.1) is 12.8 Å². The number of benzene rings is 1. The summed E-state index contributed by atoms with van der Waals surface area (Å²) in [6.45, 7) is 1.08. The minimum Gasteiger partial charge on any atom is -0.495 e. The minimum absolute atomic E-state index is 0. The van der Waals surface area contributed by atoms with Gasteiger partial charge in [-0.1, -0.05) is 12.1 Å². The molecule has 0 saturated carbocycles. The maximum atomic E-state index is 11.8. The van der Waals surface area contributed by atoms with Gasteiger partial charge in [-0.05, 0) is 37.9 Å². The third-order valence-electron chi connectivity index (χ3n) is 3.26. The standard InChI is InChI=1S/C14H20N2O2.ClH/c1-18-13-7-3-2-6-12(13)16-14(17)9-8-11-5-4-10-15-11;/h2-3,6-7,11,15H,4-5,8-10H2,1H3,(H,16,17);1H. The van der Waals surface area contributed by atoms with Crippen LogP contribution in [0.5, 0.6) is 5.75 Å². The van der Waals surface area contributed by atoms with Crippen LogP contribution in [0.15, 0.2) is 24.3 Å². The molecule has 1 aromatic carbocycles. The second-order valence-electron chi connectivity index (χ2n) is 4.58. The molecule has 4 nitrogen and oxygen atoms in total. The highest BCUT2D eigenvalue weighted by Gasteiger charge is 2.15. The first kappa shape index (κ1) is 15.8. The number of nitrogens with one attached hydrogen (secondary N) is 2. The van der Waals surface area contributed by atoms with E-state index in [1.807, 2.05) is 24.3 Å². The van der Waals surface area contributed by atoms with Crippen molar-refractivity contribution in [2.75, 3.05) is 19.0 Å². The average Bonchev–Trinajstić information content (AvgIpc) is 2.90. The molecule has 106 valence electrons. The SMILES string of the molecule is COc1ccccc1NC(=O)CCC1CCCN1.Cl. The number of anilines is 1. The van der Waals surface area contributed by atoms with Crippen LogP contribution in [-0.2, 0) is 4.79 Å². The van der Waals surface area contributed by atoms with Crippen LogP contribution < -0.4 is 15.4 Å². The number of rotatable bonds is 5. The highest BCUT2D eigenvalue weighted by molar-refractivity contribution is 5.92. The highest BCUT2D eigenvalue weighted by Crippen LogP contribution is 2.23. The number of carbonyl (C=O) groups excluding carboxylic acids is 1. The van der Waals surface area contributed by atoms with E-state index in [0.29, 0.717) is 18.2 Å². The van der Waals surface area contributed by atoms with Crippen LogP contribution in [0.3, 0.4) is 0 Å². The number of halogens is 1. The predicted molar refractivity (Wildman–Crippen MR) is 79.1 cm³/mol. The molecule has 19 heavy (non-hydrogen) atoms. The van der Waals surface area contributed by atoms with E-state index < -0.39 is 0 Å². The van der Waals surface area contributed by atoms with E-state index >= 15 is 0 Å². The Morgan fingerprint density at radius 2 is 2.26 bits per heavy atom. The molecule has 1 fully saturated rings. The van der Waals surface area contributed by atoms with Gasteiger partial charge in [-0.3, -0.25) is 4.79 Å². The summed E-state index contributed by atoms with van der Waals surface area (Å²) >= 11 is 0. The summed E-state index contributed by atoms with van der Waals surface area (Å²) < 4.78 is 5.20. The van der Waals surface area contributed by atoms with Gasteiger partial charge in [-0.2, -0.15) is 0 Å². The third-order valence-corrected chi connectivity index (χ3v) is 3.26. The molecule has 0 bridgehead atoms. The van der Waals surface area contributed by atoms with E-state index in [9.17, 15) is 4.79 Å². The van der Waals surface area contributed by atoms with Crippen molar-refractivity contribution in [1.82, 2.24) is 5.32 Å². The Kier molecular flexibility index (Phi) is 6.67. The van der Waals surface area contributed by atoms with Crippen LogP contribution in [0, 0.1) is 0 Å². The van der Waals surface area contributed by atoms with Gasteiger partial charge >= 0.3 is 0 Å². The van der Waals surface area contributed by atoms with Crippen LogP contribution in [0.1, 0.15) is 25.7 Å². The molecule has 1 amide bonds. The molecule has 0 radical (unpaired) electrons. The Bertz CT molecular complexity index is 406. The smallest absolute Gasteiger partial charge is 0.224 e. The molecular formula is C14H21ClN2O2. The van der Waals surface area contributed by atoms with Crippen molar-refractivity contribution in [3.8, 4) is 5.75 Å². The second-order valence-corrected chi connectivity index (χ2v) is 4.58. The number of amides is 1. The van der Waals surface area contributed by atoms with Crippen molar-refractivity contribution >= 4 is 24.0 Å². The number of methoxy groups -OCH3 is 1. The summed E-state index contributed by atoms with van der Waals surface area (Å²) in [7, 11) is 1.60. The van der Waals surface area contributed by atoms with Gasteiger partial charge in [0.25, 0.3) is 0 Å². The van der Waals surface area contributed by atoms with Crippen LogP contribution in [-0.4, -0.2) is 25.6 Å². The lowest BCUT2D eigenvalue weighted by Gasteiger charge is -2.12. The molecular weight excluding hydrogens is 264 g/mol. The van der Waals surface area contributed by atoms with Gasteiger partial charge in [-0.15, -0.1) is 12.4 Å². The normalized spacial score (nSPS) is 17.6. The fourth-order valence-electron chi connectivity index (χ4n) is 2.27. The molecule has 0 spiro atoms. The molecule has 0 aromatic heterocycles. The lowest BCUT2D eigenvalue weighted by Crippen LogP contribution is -2.23. The van der Waals surface area contributed by atoms with Crippen LogP contribution in [0.4, 0.5) is 5.69 Å². The van der Waals surface area contributed by atoms with E-state index in [0.717, 1.165) is 18.7 Å². The van der Waals surface area contributed by atoms with Crippen molar-refractivity contribution in [2.45, 2.75) is 31.7 Å². The average molecular weight is 285 g/mol. The summed E-state index contributed by atoms with van der Waals surface area (Å²) in [6.07, 6.45) is 3.86. The molecule has 1 aliphatic heterocycles. The molecule has 2 rings (SSSR count). The molecule has 1 aromatic rings. The van der Waals surface area contributed by atoms with Crippen molar-refractivity contribution in [3.05, 3.63) is 24.3 Å². The topological polar surface area (TPSA) is 50.4 Å². The minimum atomic E-state index is 0. The number of ether oxygens (including phenoxy) is 1. The first-order chi connectivity index (χ1) is 8.79. The summed E-state index contributed by atoms with van der Waals surface area (Å²) in [4.78, 5) is 11.8. The lowest BCUT2D eigenvalue weighted by atomic mass is 10.1. The summed E-state index contributed by atoms with van der Waals surface area (Å²) in [5.41, 5.74) is 0.740. The Balaban J connectivity index is 0.00000180. The van der Waals surface area contributed by atoms with E-state index in [2.05, 4.69) is 10.6 Å². The van der Waals surface area contributed by atoms with Crippen LogP contribution in [0.2, 0.25) is 0 Å². The van der Waals surface area contributed by atoms with Crippen molar-refractivity contribution in [3.63, 3.8) is 0 Å². The maximum absolute atomic E-state index is 11.8. The Labute approximate surface area is 120 Å². The van der Waals surface area contributed by atoms with Crippen molar-refractivity contribution in [2.24, 2.45) is 0 Å². The van der Waals surface area contributed by atoms with E-state index in [4.69, 9.17) is 4.74 Å². The zero-order valence-electron chi connectivity index (χ0n) is 11.1. The number of hydrogen-bond acceptors (Lipinski definition) is 3. The lowest BCUT2D eigenvalue weighted by molar-refractivity contribution is -0.116. The molecule has 1 saturated heterocycles. The quantitative estimate of drug-likeness (QED) is 0.874. The zero-order valence-corrected chi connectivity index (χ0v) is 12.0. The third kappa shape index (κ3) is 4.73. The largest absolute Gasteiger partial charge is 0.495 e. The van der Waals surface area contributed by atoms with E-state index in [-0.39, 0.29) is 18.3 Å². The summed E-state index contributed by atoms with van der Waals surface area (Å²) in [5.74, 6) is 0.748. The molecule has 5 heteroatoms. The zero-order chi connectivity index (χ0) is 12.8. The number of para-hydroxylation sites is 2. The Morgan fingerprint density at radius 1 is 1.47 bits per heavy atom. The van der Waals surface area contributed by atoms with Gasteiger partial charge < -0.3 is 15.4 Å². The first-order valence-electron chi connectivity index (χ1n) is 6.46. The number of carbonyl (C=O) groups is 1. The summed E-state index contributed by atoms with van der Waals surface area (Å²) in [6, 6.07) is 7.97. The van der Waals surface area contributed by atoms with E-state index in [1.54, 1.807) is 7.11 Å². The molecule has 0 aliphatic carbocycles. The Hall–Kier alpha value is -1.26. The molecule has 1 aliphatic rings. The monoisotopic (exact) mass is 284 g/mol.